The second kappa shape index (κ2) is 5.70. The number of phosphoric ester groups is 1. The van der Waals surface area contributed by atoms with Crippen molar-refractivity contribution in [3.63, 3.8) is 0 Å². The topological polar surface area (TPSA) is 173 Å². The molecule has 1 saturated heterocycles. The number of aromatic nitrogens is 3. The van der Waals surface area contributed by atoms with Gasteiger partial charge in [0.2, 0.25) is 0 Å². The van der Waals surface area contributed by atoms with Gasteiger partial charge < -0.3 is 35.0 Å². The van der Waals surface area contributed by atoms with Gasteiger partial charge in [-0.1, -0.05) is 0 Å². The maximum atomic E-state index is 11.0. The molecular weight excluding hydrogens is 367 g/mol. The van der Waals surface area contributed by atoms with E-state index in [1.807, 2.05) is 0 Å². The molecule has 6 N–H and O–H groups in total. The van der Waals surface area contributed by atoms with Crippen LogP contribution in [0.3, 0.4) is 0 Å². The lowest BCUT2D eigenvalue weighted by Crippen LogP contribution is -2.54. The van der Waals surface area contributed by atoms with Crippen LogP contribution in [-0.4, -0.2) is 58.4 Å². The number of nitrogens with zero attached hydrogens (tertiary/aromatic N) is 3. The molecule has 0 saturated carbocycles. The van der Waals surface area contributed by atoms with E-state index in [1.54, 1.807) is 12.3 Å². The molecule has 0 aliphatic carbocycles. The number of fused-ring (bicyclic) bond motifs is 1. The van der Waals surface area contributed by atoms with Crippen molar-refractivity contribution < 1.29 is 33.8 Å². The third kappa shape index (κ3) is 2.72. The summed E-state index contributed by atoms with van der Waals surface area (Å²) in [6.45, 7) is 3.63. The van der Waals surface area contributed by atoms with Crippen molar-refractivity contribution in [3.8, 4) is 0 Å². The zero-order valence-corrected chi connectivity index (χ0v) is 15.3. The van der Waals surface area contributed by atoms with Crippen molar-refractivity contribution in [2.45, 2.75) is 43.8 Å². The van der Waals surface area contributed by atoms with Gasteiger partial charge in [0.05, 0.1) is 12.0 Å². The molecule has 0 spiro atoms. The summed E-state index contributed by atoms with van der Waals surface area (Å²) in [6.07, 6.45) is 1.31. The lowest BCUT2D eigenvalue weighted by Gasteiger charge is -2.37. The molecule has 26 heavy (non-hydrogen) atoms. The number of nitrogens with two attached hydrogens (primary N) is 1. The monoisotopic (exact) mass is 388 g/mol. The van der Waals surface area contributed by atoms with Crippen LogP contribution in [0.1, 0.15) is 20.8 Å². The molecule has 4 atom stereocenters. The molecule has 0 radical (unpaired) electrons. The number of hydrogen-bond donors (Lipinski definition) is 5. The molecule has 2 aromatic rings. The Morgan fingerprint density at radius 2 is 2.04 bits per heavy atom. The van der Waals surface area contributed by atoms with Crippen LogP contribution in [0.5, 0.6) is 0 Å². The smallest absolute Gasteiger partial charge is 0.387 e. The zero-order valence-electron chi connectivity index (χ0n) is 14.4. The fourth-order valence-corrected chi connectivity index (χ4v) is 3.81. The van der Waals surface area contributed by atoms with E-state index in [4.69, 9.17) is 20.3 Å². The van der Waals surface area contributed by atoms with Gasteiger partial charge in [-0.15, -0.1) is 0 Å². The molecular formula is C14H21N4O7P. The highest BCUT2D eigenvalue weighted by Gasteiger charge is 2.66. The largest absolute Gasteiger partial charge is 0.469 e. The Morgan fingerprint density at radius 1 is 1.38 bits per heavy atom. The van der Waals surface area contributed by atoms with Gasteiger partial charge in [-0.2, -0.15) is 0 Å². The third-order valence-corrected chi connectivity index (χ3v) is 5.44. The van der Waals surface area contributed by atoms with Crippen molar-refractivity contribution in [2.75, 3.05) is 12.3 Å². The Balaban J connectivity index is 2.08. The fourth-order valence-electron chi connectivity index (χ4n) is 3.39. The lowest BCUT2D eigenvalue weighted by molar-refractivity contribution is -0.191. The summed E-state index contributed by atoms with van der Waals surface area (Å²) in [4.78, 5) is 26.0. The minimum atomic E-state index is -4.79. The van der Waals surface area contributed by atoms with Gasteiger partial charge in [0, 0.05) is 6.20 Å². The Hall–Kier alpha value is -1.59. The first kappa shape index (κ1) is 19.2. The van der Waals surface area contributed by atoms with Crippen molar-refractivity contribution in [3.05, 3.63) is 18.6 Å². The number of hydrogen-bond acceptors (Lipinski definition) is 8. The SMILES string of the molecule is CC1(COP(=O)(O)O)OC(C)(n2ccc3c(N)ncnc32)C(C)(O)C1O. The predicted octanol–water partition coefficient (Wildman–Crippen LogP) is -0.304. The van der Waals surface area contributed by atoms with Crippen molar-refractivity contribution in [2.24, 2.45) is 0 Å². The number of rotatable bonds is 4. The molecule has 0 bridgehead atoms. The molecule has 1 aliphatic rings. The van der Waals surface area contributed by atoms with Gasteiger partial charge in [0.25, 0.3) is 0 Å². The van der Waals surface area contributed by atoms with E-state index >= 15 is 0 Å². The van der Waals surface area contributed by atoms with Crippen LogP contribution in [0.2, 0.25) is 0 Å². The maximum absolute atomic E-state index is 11.0. The molecule has 2 aromatic heterocycles. The van der Waals surface area contributed by atoms with Crippen LogP contribution < -0.4 is 5.73 Å². The zero-order chi connectivity index (χ0) is 19.5. The average molecular weight is 388 g/mol. The highest BCUT2D eigenvalue weighted by molar-refractivity contribution is 7.46. The molecule has 1 aliphatic heterocycles. The van der Waals surface area contributed by atoms with Crippen LogP contribution in [0.25, 0.3) is 11.0 Å². The molecule has 4 unspecified atom stereocenters. The van der Waals surface area contributed by atoms with Gasteiger partial charge in [-0.05, 0) is 26.8 Å². The van der Waals surface area contributed by atoms with E-state index in [0.717, 1.165) is 0 Å². The van der Waals surface area contributed by atoms with Crippen molar-refractivity contribution >= 4 is 24.7 Å². The maximum Gasteiger partial charge on any atom is 0.469 e. The van der Waals surface area contributed by atoms with E-state index in [-0.39, 0.29) is 5.82 Å². The quantitative estimate of drug-likeness (QED) is 0.437. The summed E-state index contributed by atoms with van der Waals surface area (Å²) in [7, 11) is -4.79. The summed E-state index contributed by atoms with van der Waals surface area (Å²) in [5.74, 6) is 0.239. The summed E-state index contributed by atoms with van der Waals surface area (Å²) in [5, 5.41) is 22.2. The second-order valence-electron chi connectivity index (χ2n) is 6.89. The second-order valence-corrected chi connectivity index (χ2v) is 8.13. The molecule has 3 heterocycles. The van der Waals surface area contributed by atoms with Crippen LogP contribution in [-0.2, 0) is 19.6 Å². The molecule has 1 fully saturated rings. The first-order chi connectivity index (χ1) is 11.8. The molecule has 144 valence electrons. The summed E-state index contributed by atoms with van der Waals surface area (Å²) >= 11 is 0. The Kier molecular flexibility index (Phi) is 4.21. The summed E-state index contributed by atoms with van der Waals surface area (Å²) in [6, 6.07) is 1.64. The number of aliphatic hydroxyl groups excluding tert-OH is 1. The standard InChI is InChI=1S/C14H21N4O7P/c1-12(6-24-26(21,22)23)11(19)13(2,20)14(3,25-12)18-5-4-8-9(15)16-7-17-10(8)18/h4-5,7,11,19-20H,6H2,1-3H3,(H2,15,16,17)(H2,21,22,23). The van der Waals surface area contributed by atoms with E-state index in [9.17, 15) is 14.8 Å². The van der Waals surface area contributed by atoms with Gasteiger partial charge in [0.15, 0.2) is 5.72 Å². The minimum Gasteiger partial charge on any atom is -0.387 e. The fraction of sp³-hybridized carbons (Fsp3) is 0.571. The summed E-state index contributed by atoms with van der Waals surface area (Å²) in [5.41, 5.74) is 1.20. The lowest BCUT2D eigenvalue weighted by atomic mass is 9.84. The molecule has 3 rings (SSSR count). The molecule has 0 amide bonds. The average Bonchev–Trinajstić information content (AvgIpc) is 3.01. The number of phosphoric acid groups is 1. The molecule has 11 nitrogen and oxygen atoms in total. The Labute approximate surface area is 148 Å². The highest BCUT2D eigenvalue weighted by atomic mass is 31.2. The van der Waals surface area contributed by atoms with Gasteiger partial charge in [0.1, 0.15) is 35.1 Å². The predicted molar refractivity (Wildman–Crippen MR) is 89.7 cm³/mol. The number of ether oxygens (including phenoxy) is 1. The molecule has 12 heteroatoms. The Bertz CT molecular complexity index is 897. The minimum absolute atomic E-state index is 0.239. The summed E-state index contributed by atoms with van der Waals surface area (Å²) < 4.78 is 23.0. The van der Waals surface area contributed by atoms with Crippen molar-refractivity contribution in [1.82, 2.24) is 14.5 Å². The van der Waals surface area contributed by atoms with Gasteiger partial charge in [-0.3, -0.25) is 4.52 Å². The van der Waals surface area contributed by atoms with Crippen LogP contribution in [0.4, 0.5) is 5.82 Å². The van der Waals surface area contributed by atoms with Gasteiger partial charge >= 0.3 is 7.82 Å². The first-order valence-corrected chi connectivity index (χ1v) is 9.23. The van der Waals surface area contributed by atoms with E-state index in [0.29, 0.717) is 11.0 Å². The first-order valence-electron chi connectivity index (χ1n) is 7.70. The van der Waals surface area contributed by atoms with Crippen LogP contribution in [0.15, 0.2) is 18.6 Å². The number of nitrogen functional groups attached to an aromatic ring is 1. The van der Waals surface area contributed by atoms with Crippen LogP contribution in [0, 0.1) is 0 Å². The normalized spacial score (nSPS) is 35.3. The van der Waals surface area contributed by atoms with E-state index in [1.165, 1.54) is 31.7 Å². The number of anilines is 1. The van der Waals surface area contributed by atoms with Crippen LogP contribution >= 0.6 is 7.82 Å². The third-order valence-electron chi connectivity index (χ3n) is 4.97. The molecule has 0 aromatic carbocycles. The Morgan fingerprint density at radius 3 is 2.65 bits per heavy atom. The van der Waals surface area contributed by atoms with E-state index in [2.05, 4.69) is 14.5 Å². The highest BCUT2D eigenvalue weighted by Crippen LogP contribution is 2.51. The van der Waals surface area contributed by atoms with Crippen molar-refractivity contribution in [1.29, 1.82) is 0 Å². The van der Waals surface area contributed by atoms with Gasteiger partial charge in [-0.25, -0.2) is 14.5 Å². The van der Waals surface area contributed by atoms with E-state index < -0.39 is 37.5 Å². The number of aliphatic hydroxyl groups is 2.